The summed E-state index contributed by atoms with van der Waals surface area (Å²) in [5.41, 5.74) is 0.354. The molecule has 2 saturated carbocycles. The van der Waals surface area contributed by atoms with Crippen molar-refractivity contribution in [2.45, 2.75) is 116 Å². The van der Waals surface area contributed by atoms with Crippen LogP contribution in [0.3, 0.4) is 0 Å². The second-order valence-electron chi connectivity index (χ2n) is 15.1. The number of benzene rings is 1. The van der Waals surface area contributed by atoms with E-state index < -0.39 is 47.2 Å². The molecule has 3 aliphatic rings. The van der Waals surface area contributed by atoms with E-state index in [1.54, 1.807) is 46.1 Å². The number of methoxy groups -OCH3 is 1. The van der Waals surface area contributed by atoms with Crippen molar-refractivity contribution in [2.24, 2.45) is 17.3 Å². The highest BCUT2D eigenvalue weighted by Crippen LogP contribution is 2.43. The molecule has 0 bridgehead atoms. The summed E-state index contributed by atoms with van der Waals surface area (Å²) in [5.74, 6) is -0.181. The molecule has 3 fully saturated rings. The van der Waals surface area contributed by atoms with Crippen LogP contribution in [0.1, 0.15) is 91.7 Å². The molecule has 11 heteroatoms. The Morgan fingerprint density at radius 2 is 1.86 bits per heavy atom. The number of rotatable bonds is 13. The SMILES string of the molecule is C=CCCCC1CC1OC(=O)NC(C(=O)N1CC(Oc2nc3cc(OC)ccc3nc2C=C)C(C)C1C(=O)OC(C)(C)C)C1(C)CCCC1. The molecule has 2 aromatic rings. The van der Waals surface area contributed by atoms with Gasteiger partial charge in [-0.25, -0.2) is 19.6 Å². The van der Waals surface area contributed by atoms with E-state index in [1.165, 1.54) is 4.90 Å². The highest BCUT2D eigenvalue weighted by Gasteiger charge is 2.53. The second kappa shape index (κ2) is 14.8. The summed E-state index contributed by atoms with van der Waals surface area (Å²) in [4.78, 5) is 52.8. The van der Waals surface area contributed by atoms with Crippen molar-refractivity contribution in [3.8, 4) is 11.6 Å². The van der Waals surface area contributed by atoms with Crippen molar-refractivity contribution in [1.82, 2.24) is 20.2 Å². The van der Waals surface area contributed by atoms with E-state index in [-0.39, 0.29) is 24.4 Å². The smallest absolute Gasteiger partial charge is 0.408 e. The Morgan fingerprint density at radius 1 is 1.12 bits per heavy atom. The van der Waals surface area contributed by atoms with Gasteiger partial charge >= 0.3 is 12.1 Å². The van der Waals surface area contributed by atoms with Gasteiger partial charge in [0.25, 0.3) is 0 Å². The average Bonchev–Trinajstić information content (AvgIpc) is 3.46. The van der Waals surface area contributed by atoms with Crippen LogP contribution in [0.2, 0.25) is 0 Å². The van der Waals surface area contributed by atoms with Gasteiger partial charge in [0.15, 0.2) is 0 Å². The van der Waals surface area contributed by atoms with Crippen molar-refractivity contribution in [3.63, 3.8) is 0 Å². The molecular formula is C38H52N4O7. The quantitative estimate of drug-likeness (QED) is 0.141. The van der Waals surface area contributed by atoms with Gasteiger partial charge < -0.3 is 29.2 Å². The summed E-state index contributed by atoms with van der Waals surface area (Å²) in [6.07, 6.45) is 9.20. The van der Waals surface area contributed by atoms with Gasteiger partial charge in [-0.3, -0.25) is 4.79 Å². The second-order valence-corrected chi connectivity index (χ2v) is 15.1. The molecule has 6 atom stereocenters. The van der Waals surface area contributed by atoms with Crippen molar-refractivity contribution in [3.05, 3.63) is 43.1 Å². The maximum absolute atomic E-state index is 14.7. The van der Waals surface area contributed by atoms with Gasteiger partial charge in [0, 0.05) is 12.0 Å². The molecule has 2 amide bonds. The minimum atomic E-state index is -0.958. The third-order valence-corrected chi connectivity index (χ3v) is 10.1. The number of aromatic nitrogens is 2. The molecule has 0 spiro atoms. The van der Waals surface area contributed by atoms with Crippen LogP contribution in [0.15, 0.2) is 37.4 Å². The monoisotopic (exact) mass is 676 g/mol. The van der Waals surface area contributed by atoms with Crippen LogP contribution in [0.25, 0.3) is 17.1 Å². The highest BCUT2D eigenvalue weighted by atomic mass is 16.6. The van der Waals surface area contributed by atoms with Crippen molar-refractivity contribution < 1.29 is 33.3 Å². The number of allylic oxidation sites excluding steroid dienone is 1. The first-order chi connectivity index (χ1) is 23.3. The molecule has 1 aromatic heterocycles. The van der Waals surface area contributed by atoms with Crippen LogP contribution < -0.4 is 14.8 Å². The molecule has 1 aromatic carbocycles. The zero-order valence-electron chi connectivity index (χ0n) is 29.8. The lowest BCUT2D eigenvalue weighted by Crippen LogP contribution is -2.58. The Morgan fingerprint density at radius 3 is 2.51 bits per heavy atom. The fraction of sp³-hybridized carbons (Fsp3) is 0.605. The Balaban J connectivity index is 1.41. The predicted molar refractivity (Wildman–Crippen MR) is 187 cm³/mol. The fourth-order valence-corrected chi connectivity index (χ4v) is 7.21. The van der Waals surface area contributed by atoms with Crippen LogP contribution in [0, 0.1) is 17.3 Å². The van der Waals surface area contributed by atoms with E-state index in [1.807, 2.05) is 26.0 Å². The maximum atomic E-state index is 14.7. The van der Waals surface area contributed by atoms with Crippen LogP contribution in [-0.4, -0.2) is 76.4 Å². The number of nitrogens with one attached hydrogen (secondary N) is 1. The summed E-state index contributed by atoms with van der Waals surface area (Å²) >= 11 is 0. The fourth-order valence-electron chi connectivity index (χ4n) is 7.21. The molecule has 1 saturated heterocycles. The topological polar surface area (TPSA) is 129 Å². The number of hydrogen-bond acceptors (Lipinski definition) is 9. The van der Waals surface area contributed by atoms with Crippen molar-refractivity contribution in [2.75, 3.05) is 13.7 Å². The summed E-state index contributed by atoms with van der Waals surface area (Å²) in [6.45, 7) is 17.0. The number of fused-ring (bicyclic) bond motifs is 1. The molecule has 1 N–H and O–H groups in total. The number of alkyl carbamates (subject to hydrolysis) is 1. The number of esters is 1. The Labute approximate surface area is 289 Å². The Hall–Kier alpha value is -4.15. The molecular weight excluding hydrogens is 624 g/mol. The highest BCUT2D eigenvalue weighted by molar-refractivity contribution is 5.91. The maximum Gasteiger partial charge on any atom is 0.408 e. The Bertz CT molecular complexity index is 1560. The molecule has 266 valence electrons. The average molecular weight is 677 g/mol. The number of nitrogens with zero attached hydrogens (tertiary/aromatic N) is 3. The molecule has 2 aliphatic carbocycles. The number of carbonyl (C=O) groups excluding carboxylic acids is 3. The minimum absolute atomic E-state index is 0.0790. The van der Waals surface area contributed by atoms with E-state index in [4.69, 9.17) is 23.9 Å². The number of amides is 2. The summed E-state index contributed by atoms with van der Waals surface area (Å²) in [7, 11) is 1.58. The number of likely N-dealkylation sites (tertiary alicyclic amines) is 1. The molecule has 5 rings (SSSR count). The van der Waals surface area contributed by atoms with Crippen LogP contribution in [0.5, 0.6) is 11.6 Å². The Kier molecular flexibility index (Phi) is 10.9. The van der Waals surface area contributed by atoms with Gasteiger partial charge in [-0.1, -0.05) is 39.3 Å². The van der Waals surface area contributed by atoms with Crippen molar-refractivity contribution >= 4 is 35.1 Å². The first kappa shape index (κ1) is 36.1. The van der Waals surface area contributed by atoms with Crippen LogP contribution in [-0.2, 0) is 19.1 Å². The van der Waals surface area contributed by atoms with Gasteiger partial charge in [-0.15, -0.1) is 6.58 Å². The molecule has 2 heterocycles. The zero-order valence-corrected chi connectivity index (χ0v) is 29.8. The summed E-state index contributed by atoms with van der Waals surface area (Å²) in [6, 6.07) is 3.52. The first-order valence-corrected chi connectivity index (χ1v) is 17.5. The lowest BCUT2D eigenvalue weighted by Gasteiger charge is -2.37. The van der Waals surface area contributed by atoms with E-state index >= 15 is 0 Å². The molecule has 49 heavy (non-hydrogen) atoms. The van der Waals surface area contributed by atoms with Crippen molar-refractivity contribution in [1.29, 1.82) is 0 Å². The molecule has 0 radical (unpaired) electrons. The van der Waals surface area contributed by atoms with Crippen LogP contribution in [0.4, 0.5) is 4.79 Å². The molecule has 1 aliphatic heterocycles. The zero-order chi connectivity index (χ0) is 35.5. The van der Waals surface area contributed by atoms with Gasteiger partial charge in [-0.05, 0) is 88.8 Å². The van der Waals surface area contributed by atoms with E-state index in [0.29, 0.717) is 28.4 Å². The normalized spacial score (nSPS) is 24.9. The van der Waals surface area contributed by atoms with E-state index in [9.17, 15) is 14.4 Å². The number of ether oxygens (including phenoxy) is 4. The molecule has 6 unspecified atom stereocenters. The van der Waals surface area contributed by atoms with Gasteiger partial charge in [0.1, 0.15) is 41.3 Å². The van der Waals surface area contributed by atoms with Crippen LogP contribution >= 0.6 is 0 Å². The van der Waals surface area contributed by atoms with Gasteiger partial charge in [0.05, 0.1) is 24.7 Å². The standard InChI is InChI=1S/C38H52N4O7/c1-9-11-12-15-24-20-29(24)48-36(45)41-32(38(7)18-13-14-19-38)34(43)42-22-30(23(3)31(42)35(44)49-37(4,5)6)47-33-26(10-2)39-27-17-16-25(46-8)21-28(27)40-33/h9-10,16-17,21,23-24,29-32H,1-2,11-15,18-20,22H2,3-8H3,(H,41,45). The number of hydrogen-bond donors (Lipinski definition) is 1. The summed E-state index contributed by atoms with van der Waals surface area (Å²) < 4.78 is 23.5. The lowest BCUT2D eigenvalue weighted by molar-refractivity contribution is -0.165. The van der Waals surface area contributed by atoms with E-state index in [2.05, 4.69) is 23.5 Å². The van der Waals surface area contributed by atoms with E-state index in [0.717, 1.165) is 51.4 Å². The third-order valence-electron chi connectivity index (χ3n) is 10.1. The summed E-state index contributed by atoms with van der Waals surface area (Å²) in [5, 5.41) is 2.96. The predicted octanol–water partition coefficient (Wildman–Crippen LogP) is 6.64. The number of carbonyl (C=O) groups is 3. The lowest BCUT2D eigenvalue weighted by atomic mass is 9.79. The first-order valence-electron chi connectivity index (χ1n) is 17.5. The third kappa shape index (κ3) is 8.36. The van der Waals surface area contributed by atoms with Gasteiger partial charge in [-0.2, -0.15) is 0 Å². The number of unbranched alkanes of at least 4 members (excludes halogenated alkanes) is 1. The van der Waals surface area contributed by atoms with Gasteiger partial charge in [0.2, 0.25) is 11.8 Å². The minimum Gasteiger partial charge on any atom is -0.497 e. The molecule has 11 nitrogen and oxygen atoms in total. The largest absolute Gasteiger partial charge is 0.497 e.